The first kappa shape index (κ1) is 12.6. The third-order valence-electron chi connectivity index (χ3n) is 2.31. The van der Waals surface area contributed by atoms with Gasteiger partial charge in [0.15, 0.2) is 5.82 Å². The molecule has 0 amide bonds. The number of rotatable bonds is 3. The second kappa shape index (κ2) is 5.56. The number of nitrogens with one attached hydrogen (secondary N) is 1. The fourth-order valence-electron chi connectivity index (χ4n) is 1.56. The summed E-state index contributed by atoms with van der Waals surface area (Å²) in [5.74, 6) is 0.960. The summed E-state index contributed by atoms with van der Waals surface area (Å²) in [5.41, 5.74) is 2.44. The molecule has 0 saturated heterocycles. The van der Waals surface area contributed by atoms with Crippen molar-refractivity contribution in [2.45, 2.75) is 13.5 Å². The molecule has 0 atom stereocenters. The number of halogens is 1. The summed E-state index contributed by atoms with van der Waals surface area (Å²) in [6.45, 7) is 2.87. The zero-order chi connectivity index (χ0) is 10.7. The van der Waals surface area contributed by atoms with Crippen molar-refractivity contribution in [1.29, 1.82) is 0 Å². The minimum atomic E-state index is 0. The molecule has 0 spiro atoms. The number of aromatic nitrogens is 2. The fraction of sp³-hybridized carbons (Fsp3) is 0.250. The maximum absolute atomic E-state index is 4.33. The number of nitrogens with zero attached hydrogens (tertiary/aromatic N) is 2. The van der Waals surface area contributed by atoms with Crippen molar-refractivity contribution in [1.82, 2.24) is 9.78 Å². The quantitative estimate of drug-likeness (QED) is 0.890. The topological polar surface area (TPSA) is 29.9 Å². The van der Waals surface area contributed by atoms with E-state index < -0.39 is 0 Å². The lowest BCUT2D eigenvalue weighted by Crippen LogP contribution is -2.01. The van der Waals surface area contributed by atoms with Gasteiger partial charge in [-0.05, 0) is 12.5 Å². The summed E-state index contributed by atoms with van der Waals surface area (Å²) < 4.78 is 1.82. The molecule has 0 aliphatic heterocycles. The molecule has 3 nitrogen and oxygen atoms in total. The molecule has 2 aromatic rings. The van der Waals surface area contributed by atoms with E-state index in [0.717, 1.165) is 12.4 Å². The lowest BCUT2D eigenvalue weighted by molar-refractivity contribution is 0.768. The maximum atomic E-state index is 4.33. The fourth-order valence-corrected chi connectivity index (χ4v) is 1.56. The van der Waals surface area contributed by atoms with Crippen LogP contribution >= 0.6 is 12.4 Å². The Labute approximate surface area is 102 Å². The van der Waals surface area contributed by atoms with Crippen molar-refractivity contribution in [2.24, 2.45) is 7.05 Å². The third kappa shape index (κ3) is 3.00. The number of aryl methyl sites for hydroxylation is 2. The highest BCUT2D eigenvalue weighted by Gasteiger charge is 2.01. The van der Waals surface area contributed by atoms with Gasteiger partial charge in [0.1, 0.15) is 0 Å². The van der Waals surface area contributed by atoms with Crippen molar-refractivity contribution in [3.63, 3.8) is 0 Å². The Hall–Kier alpha value is -1.48. The van der Waals surface area contributed by atoms with Crippen molar-refractivity contribution < 1.29 is 0 Å². The van der Waals surface area contributed by atoms with E-state index in [1.807, 2.05) is 36.1 Å². The van der Waals surface area contributed by atoms with Gasteiger partial charge in [0.25, 0.3) is 0 Å². The minimum Gasteiger partial charge on any atom is -0.364 e. The Bertz CT molecular complexity index is 437. The Balaban J connectivity index is 0.00000128. The van der Waals surface area contributed by atoms with E-state index in [1.165, 1.54) is 11.1 Å². The van der Waals surface area contributed by atoms with Crippen LogP contribution in [-0.4, -0.2) is 9.78 Å². The number of hydrogen-bond donors (Lipinski definition) is 1. The van der Waals surface area contributed by atoms with Gasteiger partial charge in [-0.3, -0.25) is 4.68 Å². The number of benzene rings is 1. The van der Waals surface area contributed by atoms with Crippen LogP contribution < -0.4 is 5.32 Å². The Morgan fingerprint density at radius 3 is 2.50 bits per heavy atom. The third-order valence-corrected chi connectivity index (χ3v) is 2.31. The molecule has 2 rings (SSSR count). The zero-order valence-corrected chi connectivity index (χ0v) is 10.3. The van der Waals surface area contributed by atoms with Crippen molar-refractivity contribution >= 4 is 18.2 Å². The molecule has 4 heteroatoms. The molecule has 0 unspecified atom stereocenters. The molecule has 1 aromatic carbocycles. The van der Waals surface area contributed by atoms with Crippen molar-refractivity contribution in [2.75, 3.05) is 5.32 Å². The Kier molecular flexibility index (Phi) is 4.38. The van der Waals surface area contributed by atoms with Gasteiger partial charge in [0, 0.05) is 25.4 Å². The first-order chi connectivity index (χ1) is 7.25. The molecule has 0 fully saturated rings. The van der Waals surface area contributed by atoms with Gasteiger partial charge < -0.3 is 5.32 Å². The smallest absolute Gasteiger partial charge is 0.151 e. The van der Waals surface area contributed by atoms with Crippen LogP contribution in [0.2, 0.25) is 0 Å². The summed E-state index contributed by atoms with van der Waals surface area (Å²) in [7, 11) is 1.93. The molecule has 1 heterocycles. The van der Waals surface area contributed by atoms with E-state index in [9.17, 15) is 0 Å². The van der Waals surface area contributed by atoms with Gasteiger partial charge in [-0.1, -0.05) is 30.3 Å². The highest BCUT2D eigenvalue weighted by Crippen LogP contribution is 2.11. The summed E-state index contributed by atoms with van der Waals surface area (Å²) in [4.78, 5) is 0. The first-order valence-electron chi connectivity index (χ1n) is 5.04. The van der Waals surface area contributed by atoms with Gasteiger partial charge in [0.2, 0.25) is 0 Å². The molecule has 86 valence electrons. The molecule has 0 aliphatic carbocycles. The van der Waals surface area contributed by atoms with Crippen LogP contribution in [0.5, 0.6) is 0 Å². The minimum absolute atomic E-state index is 0. The molecule has 1 aromatic heterocycles. The standard InChI is InChI=1S/C12H15N3.ClH/c1-10-9-15(2)14-12(10)13-8-11-6-4-3-5-7-11;/h3-7,9H,8H2,1-2H3,(H,13,14);1H. The highest BCUT2D eigenvalue weighted by molar-refractivity contribution is 5.85. The van der Waals surface area contributed by atoms with Gasteiger partial charge in [-0.25, -0.2) is 0 Å². The monoisotopic (exact) mass is 237 g/mol. The molecule has 0 aliphatic rings. The van der Waals surface area contributed by atoms with Crippen LogP contribution in [-0.2, 0) is 13.6 Å². The van der Waals surface area contributed by atoms with Gasteiger partial charge in [-0.2, -0.15) is 5.10 Å². The van der Waals surface area contributed by atoms with Crippen molar-refractivity contribution in [3.05, 3.63) is 47.7 Å². The van der Waals surface area contributed by atoms with Crippen LogP contribution in [0, 0.1) is 6.92 Å². The predicted octanol–water partition coefficient (Wildman–Crippen LogP) is 2.76. The average molecular weight is 238 g/mol. The first-order valence-corrected chi connectivity index (χ1v) is 5.04. The summed E-state index contributed by atoms with van der Waals surface area (Å²) in [5, 5.41) is 7.65. The predicted molar refractivity (Wildman–Crippen MR) is 69.0 cm³/mol. The SMILES string of the molecule is Cc1cn(C)nc1NCc1ccccc1.Cl. The van der Waals surface area contributed by atoms with Crippen LogP contribution in [0.4, 0.5) is 5.82 Å². The highest BCUT2D eigenvalue weighted by atomic mass is 35.5. The molecule has 0 saturated carbocycles. The van der Waals surface area contributed by atoms with Gasteiger partial charge in [-0.15, -0.1) is 12.4 Å². The van der Waals surface area contributed by atoms with E-state index in [0.29, 0.717) is 0 Å². The molecule has 1 N–H and O–H groups in total. The number of hydrogen-bond acceptors (Lipinski definition) is 2. The van der Waals surface area contributed by atoms with Crippen LogP contribution in [0.25, 0.3) is 0 Å². The van der Waals surface area contributed by atoms with Crippen LogP contribution in [0.3, 0.4) is 0 Å². The Morgan fingerprint density at radius 2 is 1.94 bits per heavy atom. The molecular formula is C12H16ClN3. The van der Waals surface area contributed by atoms with E-state index >= 15 is 0 Å². The van der Waals surface area contributed by atoms with Crippen LogP contribution in [0.15, 0.2) is 36.5 Å². The molecule has 16 heavy (non-hydrogen) atoms. The lowest BCUT2D eigenvalue weighted by Gasteiger charge is -2.03. The van der Waals surface area contributed by atoms with E-state index in [2.05, 4.69) is 29.5 Å². The lowest BCUT2D eigenvalue weighted by atomic mass is 10.2. The van der Waals surface area contributed by atoms with E-state index in [4.69, 9.17) is 0 Å². The normalized spacial score (nSPS) is 9.62. The molecular weight excluding hydrogens is 222 g/mol. The van der Waals surface area contributed by atoms with Gasteiger partial charge in [0.05, 0.1) is 0 Å². The van der Waals surface area contributed by atoms with Gasteiger partial charge >= 0.3 is 0 Å². The molecule has 0 bridgehead atoms. The number of anilines is 1. The maximum Gasteiger partial charge on any atom is 0.151 e. The average Bonchev–Trinajstić information content (AvgIpc) is 2.56. The summed E-state index contributed by atoms with van der Waals surface area (Å²) >= 11 is 0. The second-order valence-electron chi connectivity index (χ2n) is 3.67. The van der Waals surface area contributed by atoms with E-state index in [1.54, 1.807) is 0 Å². The van der Waals surface area contributed by atoms with E-state index in [-0.39, 0.29) is 12.4 Å². The second-order valence-corrected chi connectivity index (χ2v) is 3.67. The largest absolute Gasteiger partial charge is 0.364 e. The molecule has 0 radical (unpaired) electrons. The summed E-state index contributed by atoms with van der Waals surface area (Å²) in [6, 6.07) is 10.3. The van der Waals surface area contributed by atoms with Crippen molar-refractivity contribution in [3.8, 4) is 0 Å². The summed E-state index contributed by atoms with van der Waals surface area (Å²) in [6.07, 6.45) is 2.01. The Morgan fingerprint density at radius 1 is 1.25 bits per heavy atom. The zero-order valence-electron chi connectivity index (χ0n) is 9.47. The van der Waals surface area contributed by atoms with Crippen LogP contribution in [0.1, 0.15) is 11.1 Å².